The Labute approximate surface area is 134 Å². The Bertz CT molecular complexity index is 752. The van der Waals surface area contributed by atoms with Crippen LogP contribution in [0.15, 0.2) is 58.6 Å². The Morgan fingerprint density at radius 2 is 2.10 bits per heavy atom. The van der Waals surface area contributed by atoms with Gasteiger partial charge in [0.1, 0.15) is 0 Å². The molecule has 0 unspecified atom stereocenters. The molecule has 0 aliphatic carbocycles. The maximum absolute atomic E-state index is 12.0. The summed E-state index contributed by atoms with van der Waals surface area (Å²) in [6, 6.07) is 11.4. The van der Waals surface area contributed by atoms with E-state index in [0.717, 1.165) is 21.0 Å². The molecular weight excluding hydrogens is 350 g/mol. The second kappa shape index (κ2) is 6.24. The van der Waals surface area contributed by atoms with Crippen molar-refractivity contribution in [1.82, 2.24) is 9.55 Å². The molecule has 21 heavy (non-hydrogen) atoms. The number of hydrogen-bond acceptors (Lipinski definition) is 3. The molecule has 0 saturated heterocycles. The summed E-state index contributed by atoms with van der Waals surface area (Å²) in [6.45, 7) is 0. The minimum absolute atomic E-state index is 0.0718. The van der Waals surface area contributed by atoms with Crippen molar-refractivity contribution in [3.63, 3.8) is 0 Å². The third kappa shape index (κ3) is 3.59. The second-order valence-electron chi connectivity index (χ2n) is 4.45. The fourth-order valence-electron chi connectivity index (χ4n) is 1.89. The van der Waals surface area contributed by atoms with Crippen molar-refractivity contribution >= 4 is 38.9 Å². The van der Waals surface area contributed by atoms with Gasteiger partial charge in [-0.05, 0) is 30.3 Å². The van der Waals surface area contributed by atoms with Crippen LogP contribution in [-0.2, 0) is 11.2 Å². The quantitative estimate of drug-likeness (QED) is 0.766. The first-order valence-electron chi connectivity index (χ1n) is 6.34. The Morgan fingerprint density at radius 1 is 1.29 bits per heavy atom. The Balaban J connectivity index is 1.65. The molecule has 1 N–H and O–H groups in total. The first-order valence-corrected chi connectivity index (χ1v) is 8.01. The first kappa shape index (κ1) is 14.0. The second-order valence-corrected chi connectivity index (χ2v) is 6.20. The predicted octanol–water partition coefficient (Wildman–Crippen LogP) is 3.88. The van der Waals surface area contributed by atoms with Gasteiger partial charge < -0.3 is 9.88 Å². The predicted molar refractivity (Wildman–Crippen MR) is 87.9 cm³/mol. The van der Waals surface area contributed by atoms with Gasteiger partial charge in [0.25, 0.3) is 0 Å². The van der Waals surface area contributed by atoms with Crippen molar-refractivity contribution in [1.29, 1.82) is 0 Å². The van der Waals surface area contributed by atoms with Gasteiger partial charge in [-0.2, -0.15) is 0 Å². The molecule has 0 radical (unpaired) electrons. The van der Waals surface area contributed by atoms with Crippen LogP contribution in [0.25, 0.3) is 5.13 Å². The number of nitrogens with zero attached hydrogens (tertiary/aromatic N) is 2. The van der Waals surface area contributed by atoms with Gasteiger partial charge >= 0.3 is 0 Å². The average Bonchev–Trinajstić information content (AvgIpc) is 3.08. The molecule has 0 aliphatic rings. The summed E-state index contributed by atoms with van der Waals surface area (Å²) < 4.78 is 2.87. The number of thiazole rings is 1. The van der Waals surface area contributed by atoms with Crippen molar-refractivity contribution < 1.29 is 4.79 Å². The van der Waals surface area contributed by atoms with Crippen LogP contribution in [0, 0.1) is 0 Å². The maximum atomic E-state index is 12.0. The lowest BCUT2D eigenvalue weighted by atomic mass is 10.3. The summed E-state index contributed by atoms with van der Waals surface area (Å²) in [5.41, 5.74) is 1.55. The highest BCUT2D eigenvalue weighted by molar-refractivity contribution is 9.10. The average molecular weight is 362 g/mol. The van der Waals surface area contributed by atoms with E-state index in [2.05, 4.69) is 26.2 Å². The third-order valence-corrected chi connectivity index (χ3v) is 4.21. The van der Waals surface area contributed by atoms with Gasteiger partial charge in [0, 0.05) is 27.9 Å². The number of halogens is 1. The van der Waals surface area contributed by atoms with Crippen LogP contribution in [0.3, 0.4) is 0 Å². The van der Waals surface area contributed by atoms with Crippen LogP contribution in [0.4, 0.5) is 5.69 Å². The summed E-state index contributed by atoms with van der Waals surface area (Å²) in [5.74, 6) is -0.0718. The summed E-state index contributed by atoms with van der Waals surface area (Å²) in [6.07, 6.45) is 4.14. The SMILES string of the molecule is O=C(Cc1csc(-n2cccc2)n1)Nc1cccc(Br)c1. The van der Waals surface area contributed by atoms with Crippen LogP contribution >= 0.6 is 27.3 Å². The fraction of sp³-hybridized carbons (Fsp3) is 0.0667. The zero-order valence-corrected chi connectivity index (χ0v) is 13.4. The van der Waals surface area contributed by atoms with E-state index < -0.39 is 0 Å². The van der Waals surface area contributed by atoms with Crippen molar-refractivity contribution in [2.45, 2.75) is 6.42 Å². The molecule has 1 aromatic carbocycles. The van der Waals surface area contributed by atoms with Gasteiger partial charge in [0.05, 0.1) is 12.1 Å². The van der Waals surface area contributed by atoms with Gasteiger partial charge in [-0.25, -0.2) is 4.98 Å². The number of carbonyl (C=O) groups excluding carboxylic acids is 1. The van der Waals surface area contributed by atoms with Crippen LogP contribution < -0.4 is 5.32 Å². The molecule has 4 nitrogen and oxygen atoms in total. The topological polar surface area (TPSA) is 46.9 Å². The molecule has 2 aromatic heterocycles. The summed E-state index contributed by atoms with van der Waals surface area (Å²) in [5, 5.41) is 5.64. The van der Waals surface area contributed by atoms with E-state index in [9.17, 15) is 4.79 Å². The van der Waals surface area contributed by atoms with E-state index in [4.69, 9.17) is 0 Å². The van der Waals surface area contributed by atoms with Crippen LogP contribution in [-0.4, -0.2) is 15.5 Å². The number of hydrogen-bond donors (Lipinski definition) is 1. The van der Waals surface area contributed by atoms with Crippen molar-refractivity contribution in [2.75, 3.05) is 5.32 Å². The number of benzene rings is 1. The molecule has 0 atom stereocenters. The molecule has 0 spiro atoms. The molecule has 106 valence electrons. The third-order valence-electron chi connectivity index (χ3n) is 2.82. The smallest absolute Gasteiger partial charge is 0.230 e. The highest BCUT2D eigenvalue weighted by atomic mass is 79.9. The lowest BCUT2D eigenvalue weighted by molar-refractivity contribution is -0.115. The van der Waals surface area contributed by atoms with E-state index in [1.54, 1.807) is 0 Å². The highest BCUT2D eigenvalue weighted by Crippen LogP contribution is 2.18. The minimum atomic E-state index is -0.0718. The van der Waals surface area contributed by atoms with E-state index in [0.29, 0.717) is 0 Å². The lowest BCUT2D eigenvalue weighted by Crippen LogP contribution is -2.14. The molecule has 3 rings (SSSR count). The fourth-order valence-corrected chi connectivity index (χ4v) is 3.08. The van der Waals surface area contributed by atoms with Crippen molar-refractivity contribution in [2.24, 2.45) is 0 Å². The van der Waals surface area contributed by atoms with E-state index in [-0.39, 0.29) is 12.3 Å². The van der Waals surface area contributed by atoms with Crippen LogP contribution in [0.1, 0.15) is 5.69 Å². The summed E-state index contributed by atoms with van der Waals surface area (Å²) in [7, 11) is 0. The molecule has 1 amide bonds. The van der Waals surface area contributed by atoms with E-state index in [1.807, 2.05) is 58.7 Å². The standard InChI is InChI=1S/C15H12BrN3OS/c16-11-4-3-5-12(8-11)17-14(20)9-13-10-21-15(18-13)19-6-1-2-7-19/h1-8,10H,9H2,(H,17,20). The molecular formula is C15H12BrN3OS. The highest BCUT2D eigenvalue weighted by Gasteiger charge is 2.09. The van der Waals surface area contributed by atoms with Gasteiger partial charge in [0.15, 0.2) is 5.13 Å². The number of rotatable bonds is 4. The molecule has 6 heteroatoms. The largest absolute Gasteiger partial charge is 0.326 e. The van der Waals surface area contributed by atoms with Crippen molar-refractivity contribution in [3.8, 4) is 5.13 Å². The van der Waals surface area contributed by atoms with Crippen molar-refractivity contribution in [3.05, 3.63) is 64.3 Å². The van der Waals surface area contributed by atoms with Gasteiger partial charge in [-0.3, -0.25) is 4.79 Å². The monoisotopic (exact) mass is 361 g/mol. The summed E-state index contributed by atoms with van der Waals surface area (Å²) >= 11 is 4.90. The Kier molecular flexibility index (Phi) is 4.17. The molecule has 0 fully saturated rings. The van der Waals surface area contributed by atoms with Gasteiger partial charge in [-0.15, -0.1) is 11.3 Å². The first-order chi connectivity index (χ1) is 10.2. The van der Waals surface area contributed by atoms with Gasteiger partial charge in [-0.1, -0.05) is 22.0 Å². The molecule has 0 aliphatic heterocycles. The summed E-state index contributed by atoms with van der Waals surface area (Å²) in [4.78, 5) is 16.5. The lowest BCUT2D eigenvalue weighted by Gasteiger charge is -2.04. The maximum Gasteiger partial charge on any atom is 0.230 e. The molecule has 0 bridgehead atoms. The van der Waals surface area contributed by atoms with Crippen LogP contribution in [0.5, 0.6) is 0 Å². The minimum Gasteiger partial charge on any atom is -0.326 e. The molecule has 3 aromatic rings. The number of carbonyl (C=O) groups is 1. The van der Waals surface area contributed by atoms with Gasteiger partial charge in [0.2, 0.25) is 5.91 Å². The molecule has 0 saturated carbocycles. The normalized spacial score (nSPS) is 10.5. The number of nitrogens with one attached hydrogen (secondary N) is 1. The zero-order valence-electron chi connectivity index (χ0n) is 11.0. The zero-order chi connectivity index (χ0) is 14.7. The Morgan fingerprint density at radius 3 is 2.86 bits per heavy atom. The number of aromatic nitrogens is 2. The van der Waals surface area contributed by atoms with Crippen LogP contribution in [0.2, 0.25) is 0 Å². The number of amides is 1. The number of anilines is 1. The Hall–Kier alpha value is -1.92. The van der Waals surface area contributed by atoms with E-state index in [1.165, 1.54) is 11.3 Å². The van der Waals surface area contributed by atoms with E-state index >= 15 is 0 Å². The molecule has 2 heterocycles.